The number of carboxylic acids is 1. The van der Waals surface area contributed by atoms with Crippen LogP contribution in [0.4, 0.5) is 10.5 Å². The Labute approximate surface area is 112 Å². The van der Waals surface area contributed by atoms with Crippen molar-refractivity contribution in [3.05, 3.63) is 29.8 Å². The molecule has 1 unspecified atom stereocenters. The van der Waals surface area contributed by atoms with Gasteiger partial charge in [0, 0.05) is 24.7 Å². The van der Waals surface area contributed by atoms with Crippen molar-refractivity contribution in [1.82, 2.24) is 4.90 Å². The normalized spacial score (nSPS) is 16.6. The van der Waals surface area contributed by atoms with Gasteiger partial charge in [0.2, 0.25) is 0 Å². The first-order valence-electron chi connectivity index (χ1n) is 6.33. The number of carbonyl (C=O) groups is 2. The number of anilines is 1. The zero-order valence-electron chi connectivity index (χ0n) is 11.1. The van der Waals surface area contributed by atoms with Gasteiger partial charge in [0.05, 0.1) is 5.92 Å². The van der Waals surface area contributed by atoms with E-state index < -0.39 is 11.9 Å². The zero-order valence-corrected chi connectivity index (χ0v) is 11.1. The fourth-order valence-electron chi connectivity index (χ4n) is 2.10. The monoisotopic (exact) mass is 262 g/mol. The second-order valence-electron chi connectivity index (χ2n) is 5.04. The quantitative estimate of drug-likeness (QED) is 0.877. The number of nitrogens with zero attached hydrogens (tertiary/aromatic N) is 1. The highest BCUT2D eigenvalue weighted by atomic mass is 16.4. The van der Waals surface area contributed by atoms with Crippen molar-refractivity contribution in [2.75, 3.05) is 18.4 Å². The lowest BCUT2D eigenvalue weighted by molar-refractivity contribution is -0.144. The van der Waals surface area contributed by atoms with Gasteiger partial charge in [-0.25, -0.2) is 4.79 Å². The molecule has 1 fully saturated rings. The molecule has 0 bridgehead atoms. The van der Waals surface area contributed by atoms with Crippen LogP contribution in [0.3, 0.4) is 0 Å². The highest BCUT2D eigenvalue weighted by molar-refractivity contribution is 5.90. The second kappa shape index (κ2) is 5.30. The number of aliphatic carboxylic acids is 1. The highest BCUT2D eigenvalue weighted by Crippen LogP contribution is 2.25. The number of para-hydroxylation sites is 1. The van der Waals surface area contributed by atoms with Gasteiger partial charge in [-0.15, -0.1) is 0 Å². The summed E-state index contributed by atoms with van der Waals surface area (Å²) in [6.45, 7) is 4.63. The summed E-state index contributed by atoms with van der Waals surface area (Å²) in [5.41, 5.74) is 1.80. The number of aryl methyl sites for hydroxylation is 1. The molecule has 1 aromatic carbocycles. The first-order chi connectivity index (χ1) is 8.99. The summed E-state index contributed by atoms with van der Waals surface area (Å²) >= 11 is 0. The van der Waals surface area contributed by atoms with Gasteiger partial charge in [0.25, 0.3) is 0 Å². The molecule has 0 aliphatic carbocycles. The van der Waals surface area contributed by atoms with Crippen LogP contribution in [0.2, 0.25) is 0 Å². The number of likely N-dealkylation sites (tertiary alicyclic amines) is 1. The van der Waals surface area contributed by atoms with Crippen molar-refractivity contribution < 1.29 is 14.7 Å². The molecule has 5 nitrogen and oxygen atoms in total. The van der Waals surface area contributed by atoms with E-state index in [1.165, 1.54) is 0 Å². The summed E-state index contributed by atoms with van der Waals surface area (Å²) in [5, 5.41) is 11.7. The lowest BCUT2D eigenvalue weighted by Gasteiger charge is -2.41. The fourth-order valence-corrected chi connectivity index (χ4v) is 2.10. The molecular formula is C14H18N2O3. The van der Waals surface area contributed by atoms with Crippen molar-refractivity contribution in [2.45, 2.75) is 13.8 Å². The van der Waals surface area contributed by atoms with Crippen LogP contribution >= 0.6 is 0 Å². The third-order valence-electron chi connectivity index (χ3n) is 3.68. The van der Waals surface area contributed by atoms with Crippen LogP contribution in [-0.2, 0) is 4.79 Å². The molecule has 2 amide bonds. The Morgan fingerprint density at radius 2 is 2.00 bits per heavy atom. The van der Waals surface area contributed by atoms with Crippen LogP contribution in [0.15, 0.2) is 24.3 Å². The van der Waals surface area contributed by atoms with Crippen molar-refractivity contribution in [3.63, 3.8) is 0 Å². The molecule has 2 N–H and O–H groups in total. The van der Waals surface area contributed by atoms with Crippen LogP contribution in [0.5, 0.6) is 0 Å². The van der Waals surface area contributed by atoms with Gasteiger partial charge in [-0.2, -0.15) is 0 Å². The molecule has 0 saturated carbocycles. The molecule has 1 aromatic rings. The van der Waals surface area contributed by atoms with Crippen molar-refractivity contribution in [3.8, 4) is 0 Å². The van der Waals surface area contributed by atoms with Crippen LogP contribution < -0.4 is 5.32 Å². The minimum atomic E-state index is -0.802. The van der Waals surface area contributed by atoms with Gasteiger partial charge in [-0.05, 0) is 18.6 Å². The minimum absolute atomic E-state index is 0.0557. The van der Waals surface area contributed by atoms with Crippen LogP contribution in [0.25, 0.3) is 0 Å². The molecule has 2 rings (SSSR count). The van der Waals surface area contributed by atoms with E-state index in [-0.39, 0.29) is 11.9 Å². The van der Waals surface area contributed by atoms with Crippen LogP contribution in [-0.4, -0.2) is 35.1 Å². The first kappa shape index (κ1) is 13.4. The highest BCUT2D eigenvalue weighted by Gasteiger charge is 2.37. The summed E-state index contributed by atoms with van der Waals surface area (Å²) in [6, 6.07) is 7.40. The summed E-state index contributed by atoms with van der Waals surface area (Å²) in [4.78, 5) is 24.4. The summed E-state index contributed by atoms with van der Waals surface area (Å²) in [7, 11) is 0. The Kier molecular flexibility index (Phi) is 3.74. The van der Waals surface area contributed by atoms with E-state index in [4.69, 9.17) is 5.11 Å². The number of hydrogen-bond donors (Lipinski definition) is 2. The molecule has 0 radical (unpaired) electrons. The van der Waals surface area contributed by atoms with Crippen LogP contribution in [0.1, 0.15) is 12.5 Å². The maximum Gasteiger partial charge on any atom is 0.321 e. The smallest absolute Gasteiger partial charge is 0.321 e. The summed E-state index contributed by atoms with van der Waals surface area (Å²) in [5.74, 6) is -1.15. The number of hydrogen-bond acceptors (Lipinski definition) is 2. The molecule has 102 valence electrons. The van der Waals surface area contributed by atoms with Gasteiger partial charge < -0.3 is 15.3 Å². The Bertz CT molecular complexity index is 495. The Morgan fingerprint density at radius 1 is 1.37 bits per heavy atom. The largest absolute Gasteiger partial charge is 0.481 e. The number of benzene rings is 1. The molecule has 1 aliphatic heterocycles. The standard InChI is InChI=1S/C14H18N2O3/c1-9-5-3-4-6-12(9)15-14(19)16-7-11(8-16)10(2)13(17)18/h3-6,10-11H,7-8H2,1-2H3,(H,15,19)(H,17,18). The average molecular weight is 262 g/mol. The Morgan fingerprint density at radius 3 is 2.58 bits per heavy atom. The number of carboxylic acid groups (broad SMARTS) is 1. The van der Waals surface area contributed by atoms with E-state index in [0.29, 0.717) is 13.1 Å². The van der Waals surface area contributed by atoms with Gasteiger partial charge >= 0.3 is 12.0 Å². The van der Waals surface area contributed by atoms with E-state index >= 15 is 0 Å². The van der Waals surface area contributed by atoms with Gasteiger partial charge in [0.15, 0.2) is 0 Å². The molecular weight excluding hydrogens is 244 g/mol. The molecule has 1 heterocycles. The first-order valence-corrected chi connectivity index (χ1v) is 6.33. The molecule has 1 aliphatic rings. The summed E-state index contributed by atoms with van der Waals surface area (Å²) in [6.07, 6.45) is 0. The number of rotatable bonds is 3. The SMILES string of the molecule is Cc1ccccc1NC(=O)N1CC(C(C)C(=O)O)C1. The van der Waals surface area contributed by atoms with Crippen molar-refractivity contribution in [2.24, 2.45) is 11.8 Å². The van der Waals surface area contributed by atoms with Gasteiger partial charge in [-0.1, -0.05) is 25.1 Å². The minimum Gasteiger partial charge on any atom is -0.481 e. The second-order valence-corrected chi connectivity index (χ2v) is 5.04. The predicted molar refractivity (Wildman–Crippen MR) is 72.1 cm³/mol. The number of nitrogens with one attached hydrogen (secondary N) is 1. The van der Waals surface area contributed by atoms with E-state index in [2.05, 4.69) is 5.32 Å². The lowest BCUT2D eigenvalue weighted by atomic mass is 9.87. The maximum atomic E-state index is 12.0. The third kappa shape index (κ3) is 2.86. The summed E-state index contributed by atoms with van der Waals surface area (Å²) < 4.78 is 0. The third-order valence-corrected chi connectivity index (χ3v) is 3.68. The molecule has 19 heavy (non-hydrogen) atoms. The van der Waals surface area contributed by atoms with E-state index in [9.17, 15) is 9.59 Å². The Hall–Kier alpha value is -2.04. The van der Waals surface area contributed by atoms with E-state index in [1.807, 2.05) is 31.2 Å². The topological polar surface area (TPSA) is 69.6 Å². The lowest BCUT2D eigenvalue weighted by Crippen LogP contribution is -2.54. The molecule has 1 atom stereocenters. The fraction of sp³-hybridized carbons (Fsp3) is 0.429. The number of carbonyl (C=O) groups excluding carboxylic acids is 1. The van der Waals surface area contributed by atoms with Gasteiger partial charge in [-0.3, -0.25) is 4.79 Å². The predicted octanol–water partition coefficient (Wildman–Crippen LogP) is 2.18. The molecule has 0 aromatic heterocycles. The van der Waals surface area contributed by atoms with E-state index in [0.717, 1.165) is 11.3 Å². The molecule has 1 saturated heterocycles. The molecule has 0 spiro atoms. The number of amides is 2. The van der Waals surface area contributed by atoms with Crippen molar-refractivity contribution >= 4 is 17.7 Å². The van der Waals surface area contributed by atoms with Crippen LogP contribution in [0, 0.1) is 18.8 Å². The average Bonchev–Trinajstić information content (AvgIpc) is 2.30. The van der Waals surface area contributed by atoms with E-state index in [1.54, 1.807) is 11.8 Å². The Balaban J connectivity index is 1.87. The molecule has 5 heteroatoms. The maximum absolute atomic E-state index is 12.0. The number of urea groups is 1. The zero-order chi connectivity index (χ0) is 14.0. The van der Waals surface area contributed by atoms with Gasteiger partial charge in [0.1, 0.15) is 0 Å². The van der Waals surface area contributed by atoms with Crippen molar-refractivity contribution in [1.29, 1.82) is 0 Å².